The number of Topliss-reactive ketones (excluding diaryl/α,β-unsaturated/α-hetero) is 1. The van der Waals surface area contributed by atoms with Gasteiger partial charge in [0.1, 0.15) is 5.75 Å². The number of hydrogen-bond donors (Lipinski definition) is 0. The van der Waals surface area contributed by atoms with Crippen molar-refractivity contribution in [3.63, 3.8) is 0 Å². The van der Waals surface area contributed by atoms with Gasteiger partial charge in [-0.1, -0.05) is 0 Å². The van der Waals surface area contributed by atoms with Gasteiger partial charge in [-0.2, -0.15) is 4.31 Å². The first kappa shape index (κ1) is 23.8. The topological polar surface area (TPSA) is 90.0 Å². The molecule has 0 spiro atoms. The van der Waals surface area contributed by atoms with Crippen molar-refractivity contribution in [2.45, 2.75) is 30.8 Å². The average molecular weight is 467 g/mol. The number of methoxy groups -OCH3 is 1. The smallest absolute Gasteiger partial charge is 0.309 e. The van der Waals surface area contributed by atoms with Crippen molar-refractivity contribution < 1.29 is 36.3 Å². The van der Waals surface area contributed by atoms with Crippen LogP contribution >= 0.6 is 0 Å². The molecule has 0 bridgehead atoms. The number of benzene rings is 2. The normalized spacial score (nSPS) is 16.4. The highest BCUT2D eigenvalue weighted by molar-refractivity contribution is 7.89. The molecular formula is C22H23F2NO6S. The fourth-order valence-electron chi connectivity index (χ4n) is 3.44. The summed E-state index contributed by atoms with van der Waals surface area (Å²) in [5.74, 6) is -3.57. The second-order valence-electron chi connectivity index (χ2n) is 7.43. The number of nitrogens with zero attached hydrogens (tertiary/aromatic N) is 1. The van der Waals surface area contributed by atoms with Gasteiger partial charge in [0.2, 0.25) is 15.8 Å². The summed E-state index contributed by atoms with van der Waals surface area (Å²) in [6.07, 6.45) is -0.714. The number of halogens is 2. The second-order valence-corrected chi connectivity index (χ2v) is 9.36. The lowest BCUT2D eigenvalue weighted by molar-refractivity contribution is -0.152. The Morgan fingerprint density at radius 2 is 1.66 bits per heavy atom. The molecule has 0 N–H and O–H groups in total. The standard InChI is InChI=1S/C22H23F2NO6S/c1-14(21(26)16-3-8-19(23)20(24)13-16)31-22(27)15-9-11-25(12-10-15)32(28,29)18-6-4-17(30-2)5-7-18/h3-8,13-15H,9-12H2,1-2H3/t14-/m1/s1. The fraction of sp³-hybridized carbons (Fsp3) is 0.364. The molecule has 32 heavy (non-hydrogen) atoms. The van der Waals surface area contributed by atoms with Crippen LogP contribution in [0, 0.1) is 17.6 Å². The molecule has 0 unspecified atom stereocenters. The van der Waals surface area contributed by atoms with Crippen LogP contribution in [0.1, 0.15) is 30.1 Å². The number of piperidine rings is 1. The van der Waals surface area contributed by atoms with Crippen molar-refractivity contribution in [3.8, 4) is 5.75 Å². The zero-order valence-corrected chi connectivity index (χ0v) is 18.4. The summed E-state index contributed by atoms with van der Waals surface area (Å²) in [5, 5.41) is 0. The van der Waals surface area contributed by atoms with Gasteiger partial charge in [-0.3, -0.25) is 9.59 Å². The van der Waals surface area contributed by atoms with E-state index in [9.17, 15) is 26.8 Å². The molecule has 3 rings (SSSR count). The van der Waals surface area contributed by atoms with Crippen LogP contribution in [0.3, 0.4) is 0 Å². The quantitative estimate of drug-likeness (QED) is 0.459. The lowest BCUT2D eigenvalue weighted by Gasteiger charge is -2.30. The number of ketones is 1. The molecule has 2 aromatic carbocycles. The SMILES string of the molecule is COc1ccc(S(=O)(=O)N2CCC(C(=O)O[C@H](C)C(=O)c3ccc(F)c(F)c3)CC2)cc1. The first-order chi connectivity index (χ1) is 15.1. The molecule has 0 amide bonds. The predicted octanol–water partition coefficient (Wildman–Crippen LogP) is 3.19. The second kappa shape index (κ2) is 9.74. The summed E-state index contributed by atoms with van der Waals surface area (Å²) in [4.78, 5) is 25.0. The molecule has 1 saturated heterocycles. The Balaban J connectivity index is 1.57. The van der Waals surface area contributed by atoms with Crippen LogP contribution in [0.15, 0.2) is 47.4 Å². The van der Waals surface area contributed by atoms with E-state index in [0.717, 1.165) is 18.2 Å². The van der Waals surface area contributed by atoms with Crippen LogP contribution in [0.4, 0.5) is 8.78 Å². The maximum Gasteiger partial charge on any atom is 0.309 e. The van der Waals surface area contributed by atoms with Gasteiger partial charge in [-0.25, -0.2) is 17.2 Å². The number of ether oxygens (including phenoxy) is 2. The largest absolute Gasteiger partial charge is 0.497 e. The van der Waals surface area contributed by atoms with Gasteiger partial charge in [-0.15, -0.1) is 0 Å². The molecule has 1 fully saturated rings. The van der Waals surface area contributed by atoms with Crippen LogP contribution in [0.2, 0.25) is 0 Å². The Morgan fingerprint density at radius 3 is 2.22 bits per heavy atom. The monoisotopic (exact) mass is 467 g/mol. The Bertz CT molecular complexity index is 1100. The highest BCUT2D eigenvalue weighted by Crippen LogP contribution is 2.26. The van der Waals surface area contributed by atoms with Gasteiger partial charge in [0.25, 0.3) is 0 Å². The summed E-state index contributed by atoms with van der Waals surface area (Å²) in [6.45, 7) is 1.60. The molecule has 7 nitrogen and oxygen atoms in total. The summed E-state index contributed by atoms with van der Waals surface area (Å²) < 4.78 is 63.6. The predicted molar refractivity (Wildman–Crippen MR) is 111 cm³/mol. The molecule has 2 aromatic rings. The van der Waals surface area contributed by atoms with Crippen molar-refractivity contribution in [3.05, 3.63) is 59.7 Å². The maximum absolute atomic E-state index is 13.4. The molecule has 1 heterocycles. The Morgan fingerprint density at radius 1 is 1.03 bits per heavy atom. The molecular weight excluding hydrogens is 444 g/mol. The van der Waals surface area contributed by atoms with Crippen molar-refractivity contribution in [2.24, 2.45) is 5.92 Å². The van der Waals surface area contributed by atoms with Gasteiger partial charge in [0, 0.05) is 18.7 Å². The van der Waals surface area contributed by atoms with Gasteiger partial charge in [-0.05, 0) is 62.2 Å². The Labute approximate surface area is 185 Å². The summed E-state index contributed by atoms with van der Waals surface area (Å²) >= 11 is 0. The lowest BCUT2D eigenvalue weighted by atomic mass is 9.98. The van der Waals surface area contributed by atoms with Crippen LogP contribution in [0.5, 0.6) is 5.75 Å². The summed E-state index contributed by atoms with van der Waals surface area (Å²) in [7, 11) is -2.23. The van der Waals surface area contributed by atoms with E-state index in [1.54, 1.807) is 12.1 Å². The number of carbonyl (C=O) groups is 2. The number of hydrogen-bond acceptors (Lipinski definition) is 6. The zero-order chi connectivity index (χ0) is 23.5. The van der Waals surface area contributed by atoms with Crippen LogP contribution in [-0.2, 0) is 19.6 Å². The van der Waals surface area contributed by atoms with E-state index < -0.39 is 45.4 Å². The number of sulfonamides is 1. The minimum Gasteiger partial charge on any atom is -0.497 e. The molecule has 0 aromatic heterocycles. The molecule has 0 aliphatic carbocycles. The average Bonchev–Trinajstić information content (AvgIpc) is 2.80. The minimum atomic E-state index is -3.71. The van der Waals surface area contributed by atoms with Crippen LogP contribution in [0.25, 0.3) is 0 Å². The molecule has 0 radical (unpaired) electrons. The molecule has 172 valence electrons. The van der Waals surface area contributed by atoms with Crippen molar-refractivity contribution in [1.82, 2.24) is 4.31 Å². The Kier molecular flexibility index (Phi) is 7.25. The third kappa shape index (κ3) is 5.13. The molecule has 10 heteroatoms. The van der Waals surface area contributed by atoms with Crippen molar-refractivity contribution in [1.29, 1.82) is 0 Å². The van der Waals surface area contributed by atoms with E-state index in [2.05, 4.69) is 0 Å². The van der Waals surface area contributed by atoms with Gasteiger partial charge >= 0.3 is 5.97 Å². The van der Waals surface area contributed by atoms with Crippen LogP contribution in [-0.4, -0.2) is 50.8 Å². The van der Waals surface area contributed by atoms with Gasteiger partial charge < -0.3 is 9.47 Å². The number of carbonyl (C=O) groups excluding carboxylic acids is 2. The third-order valence-electron chi connectivity index (χ3n) is 5.35. The first-order valence-corrected chi connectivity index (χ1v) is 11.4. The molecule has 1 aliphatic rings. The molecule has 0 saturated carbocycles. The maximum atomic E-state index is 13.4. The van der Waals surface area contributed by atoms with E-state index in [0.29, 0.717) is 5.75 Å². The minimum absolute atomic E-state index is 0.107. The lowest BCUT2D eigenvalue weighted by Crippen LogP contribution is -2.41. The summed E-state index contributed by atoms with van der Waals surface area (Å²) in [5.41, 5.74) is -0.107. The third-order valence-corrected chi connectivity index (χ3v) is 7.26. The zero-order valence-electron chi connectivity index (χ0n) is 17.6. The highest BCUT2D eigenvalue weighted by atomic mass is 32.2. The van der Waals surface area contributed by atoms with Crippen molar-refractivity contribution in [2.75, 3.05) is 20.2 Å². The van der Waals surface area contributed by atoms with Crippen molar-refractivity contribution >= 4 is 21.8 Å². The van der Waals surface area contributed by atoms with E-state index >= 15 is 0 Å². The van der Waals surface area contributed by atoms with E-state index in [4.69, 9.17) is 9.47 Å². The van der Waals surface area contributed by atoms with E-state index in [1.807, 2.05) is 0 Å². The molecule has 1 atom stereocenters. The number of esters is 1. The number of rotatable bonds is 7. The highest BCUT2D eigenvalue weighted by Gasteiger charge is 2.34. The first-order valence-electron chi connectivity index (χ1n) is 9.97. The van der Waals surface area contributed by atoms with Gasteiger partial charge in [0.15, 0.2) is 17.7 Å². The van der Waals surface area contributed by atoms with E-state index in [1.165, 1.54) is 30.5 Å². The van der Waals surface area contributed by atoms with Crippen LogP contribution < -0.4 is 4.74 Å². The fourth-order valence-corrected chi connectivity index (χ4v) is 4.91. The summed E-state index contributed by atoms with van der Waals surface area (Å²) in [6, 6.07) is 8.74. The molecule has 1 aliphatic heterocycles. The van der Waals surface area contributed by atoms with Gasteiger partial charge in [0.05, 0.1) is 17.9 Å². The van der Waals surface area contributed by atoms with E-state index in [-0.39, 0.29) is 36.4 Å². The Hall–Kier alpha value is -2.85.